The van der Waals surface area contributed by atoms with Gasteiger partial charge in [-0.15, -0.1) is 0 Å². The van der Waals surface area contributed by atoms with Gasteiger partial charge in [-0.3, -0.25) is 4.21 Å². The molecule has 2 aromatic rings. The van der Waals surface area contributed by atoms with Crippen molar-refractivity contribution in [3.05, 3.63) is 71.3 Å². The Morgan fingerprint density at radius 3 is 2.32 bits per heavy atom. The summed E-state index contributed by atoms with van der Waals surface area (Å²) in [5.74, 6) is 0.804. The van der Waals surface area contributed by atoms with Crippen LogP contribution in [0.5, 0.6) is 0 Å². The van der Waals surface area contributed by atoms with E-state index in [2.05, 4.69) is 12.1 Å². The number of benzene rings is 2. The second-order valence-electron chi connectivity index (χ2n) is 7.09. The van der Waals surface area contributed by atoms with Gasteiger partial charge in [0, 0.05) is 5.41 Å². The van der Waals surface area contributed by atoms with Gasteiger partial charge in [-0.05, 0) is 37.0 Å². The lowest BCUT2D eigenvalue weighted by Gasteiger charge is -2.32. The molecule has 4 nitrogen and oxygen atoms in total. The Kier molecular flexibility index (Phi) is 6.40. The lowest BCUT2D eigenvalue weighted by molar-refractivity contribution is -0.0775. The fourth-order valence-corrected chi connectivity index (χ4v) is 6.35. The van der Waals surface area contributed by atoms with Crippen molar-refractivity contribution < 1.29 is 17.9 Å². The minimum absolute atomic E-state index is 0.0117. The predicted octanol–water partition coefficient (Wildman–Crippen LogP) is 4.30. The highest BCUT2D eigenvalue weighted by molar-refractivity contribution is 7.90. The van der Waals surface area contributed by atoms with Crippen molar-refractivity contribution in [2.75, 3.05) is 5.75 Å². The molecule has 1 heterocycles. The van der Waals surface area contributed by atoms with Crippen LogP contribution in [0.2, 0.25) is 0 Å². The average molecular weight is 417 g/mol. The molecule has 0 spiro atoms. The molecule has 0 radical (unpaired) electrons. The Hall–Kier alpha value is -1.76. The SMILES string of the molecule is O=S1C=C(O[C@@H]2CCCC[C@@H]2OCc2ccccc2)CS(=O)c2ccccc21. The van der Waals surface area contributed by atoms with E-state index in [0.717, 1.165) is 31.2 Å². The van der Waals surface area contributed by atoms with E-state index in [4.69, 9.17) is 9.47 Å². The highest BCUT2D eigenvalue weighted by atomic mass is 32.2. The normalized spacial score (nSPS) is 27.4. The lowest BCUT2D eigenvalue weighted by atomic mass is 9.94. The Labute approximate surface area is 170 Å². The van der Waals surface area contributed by atoms with E-state index in [0.29, 0.717) is 22.2 Å². The molecule has 4 rings (SSSR count). The Morgan fingerprint density at radius 2 is 1.54 bits per heavy atom. The molecule has 2 unspecified atom stereocenters. The van der Waals surface area contributed by atoms with Crippen molar-refractivity contribution in [3.8, 4) is 0 Å². The van der Waals surface area contributed by atoms with Gasteiger partial charge in [0.25, 0.3) is 0 Å². The number of rotatable bonds is 5. The number of fused-ring (bicyclic) bond motifs is 1. The molecule has 2 aliphatic rings. The second kappa shape index (κ2) is 9.16. The van der Waals surface area contributed by atoms with Crippen LogP contribution >= 0.6 is 0 Å². The minimum Gasteiger partial charge on any atom is -0.490 e. The summed E-state index contributed by atoms with van der Waals surface area (Å²) < 4.78 is 37.8. The van der Waals surface area contributed by atoms with Crippen molar-refractivity contribution in [1.82, 2.24) is 0 Å². The molecule has 1 saturated carbocycles. The number of hydrogen-bond acceptors (Lipinski definition) is 4. The van der Waals surface area contributed by atoms with E-state index >= 15 is 0 Å². The maximum atomic E-state index is 12.7. The summed E-state index contributed by atoms with van der Waals surface area (Å²) in [4.78, 5) is 1.25. The molecule has 1 fully saturated rings. The van der Waals surface area contributed by atoms with E-state index in [1.807, 2.05) is 30.3 Å². The van der Waals surface area contributed by atoms with Crippen LogP contribution in [-0.2, 0) is 37.7 Å². The zero-order chi connectivity index (χ0) is 19.3. The van der Waals surface area contributed by atoms with Crippen LogP contribution in [0.3, 0.4) is 0 Å². The van der Waals surface area contributed by atoms with Crippen LogP contribution in [0.25, 0.3) is 0 Å². The van der Waals surface area contributed by atoms with Gasteiger partial charge in [0.1, 0.15) is 11.9 Å². The largest absolute Gasteiger partial charge is 0.490 e. The summed E-state index contributed by atoms with van der Waals surface area (Å²) in [5.41, 5.74) is 1.14. The molecule has 148 valence electrons. The molecule has 0 bridgehead atoms. The van der Waals surface area contributed by atoms with E-state index in [1.165, 1.54) is 0 Å². The van der Waals surface area contributed by atoms with Gasteiger partial charge < -0.3 is 9.47 Å². The Balaban J connectivity index is 1.46. The molecular weight excluding hydrogens is 392 g/mol. The van der Waals surface area contributed by atoms with Crippen LogP contribution in [0, 0.1) is 0 Å². The highest BCUT2D eigenvalue weighted by Crippen LogP contribution is 2.30. The van der Waals surface area contributed by atoms with E-state index < -0.39 is 21.6 Å². The van der Waals surface area contributed by atoms with E-state index in [-0.39, 0.29) is 18.0 Å². The van der Waals surface area contributed by atoms with Gasteiger partial charge in [0.2, 0.25) is 0 Å². The number of ether oxygens (including phenoxy) is 2. The first-order valence-corrected chi connectivity index (χ1v) is 12.1. The molecule has 6 heteroatoms. The topological polar surface area (TPSA) is 52.6 Å². The van der Waals surface area contributed by atoms with Gasteiger partial charge in [0.15, 0.2) is 0 Å². The monoisotopic (exact) mass is 416 g/mol. The molecular formula is C22H24O4S2. The summed E-state index contributed by atoms with van der Waals surface area (Å²) in [5, 5.41) is 1.62. The van der Waals surface area contributed by atoms with Crippen LogP contribution in [-0.4, -0.2) is 26.4 Å². The maximum absolute atomic E-state index is 12.7. The first-order chi connectivity index (χ1) is 13.7. The molecule has 2 aromatic carbocycles. The van der Waals surface area contributed by atoms with Crippen LogP contribution < -0.4 is 0 Å². The van der Waals surface area contributed by atoms with Crippen molar-refractivity contribution >= 4 is 21.6 Å². The molecule has 0 saturated heterocycles. The third-order valence-electron chi connectivity index (χ3n) is 5.07. The highest BCUT2D eigenvalue weighted by Gasteiger charge is 2.30. The van der Waals surface area contributed by atoms with Gasteiger partial charge in [-0.2, -0.15) is 0 Å². The number of hydrogen-bond donors (Lipinski definition) is 0. The summed E-state index contributed by atoms with van der Waals surface area (Å²) in [7, 11) is -2.61. The summed E-state index contributed by atoms with van der Waals surface area (Å²) in [6.45, 7) is 0.549. The lowest BCUT2D eigenvalue weighted by Crippen LogP contribution is -2.35. The zero-order valence-corrected chi connectivity index (χ0v) is 17.3. The van der Waals surface area contributed by atoms with Crippen molar-refractivity contribution in [2.45, 2.75) is 54.3 Å². The van der Waals surface area contributed by atoms with Crippen LogP contribution in [0.15, 0.2) is 75.6 Å². The van der Waals surface area contributed by atoms with Crippen LogP contribution in [0.1, 0.15) is 31.2 Å². The zero-order valence-electron chi connectivity index (χ0n) is 15.6. The van der Waals surface area contributed by atoms with Crippen molar-refractivity contribution in [3.63, 3.8) is 0 Å². The van der Waals surface area contributed by atoms with Crippen molar-refractivity contribution in [2.24, 2.45) is 0 Å². The second-order valence-corrected chi connectivity index (χ2v) is 9.78. The minimum atomic E-state index is -1.35. The van der Waals surface area contributed by atoms with Gasteiger partial charge in [0.05, 0.1) is 49.9 Å². The molecule has 0 N–H and O–H groups in total. The molecule has 4 atom stereocenters. The Morgan fingerprint density at radius 1 is 0.857 bits per heavy atom. The maximum Gasteiger partial charge on any atom is 0.124 e. The van der Waals surface area contributed by atoms with Crippen LogP contribution in [0.4, 0.5) is 0 Å². The summed E-state index contributed by atoms with van der Waals surface area (Å²) in [6, 6.07) is 17.3. The first-order valence-electron chi connectivity index (χ1n) is 9.61. The molecule has 1 aliphatic carbocycles. The average Bonchev–Trinajstić information content (AvgIpc) is 2.85. The van der Waals surface area contributed by atoms with Crippen molar-refractivity contribution in [1.29, 1.82) is 0 Å². The molecule has 0 amide bonds. The van der Waals surface area contributed by atoms with Gasteiger partial charge >= 0.3 is 0 Å². The fraction of sp³-hybridized carbons (Fsp3) is 0.364. The fourth-order valence-electron chi connectivity index (χ4n) is 3.65. The van der Waals surface area contributed by atoms with E-state index in [9.17, 15) is 8.42 Å². The van der Waals surface area contributed by atoms with E-state index in [1.54, 1.807) is 17.5 Å². The summed E-state index contributed by atoms with van der Waals surface area (Å²) in [6.07, 6.45) is 3.92. The summed E-state index contributed by atoms with van der Waals surface area (Å²) >= 11 is 0. The quantitative estimate of drug-likeness (QED) is 0.729. The predicted molar refractivity (Wildman–Crippen MR) is 111 cm³/mol. The molecule has 0 aromatic heterocycles. The third kappa shape index (κ3) is 4.62. The third-order valence-corrected chi connectivity index (χ3v) is 7.86. The smallest absolute Gasteiger partial charge is 0.124 e. The standard InChI is InChI=1S/C22H24O4S2/c23-27-15-18(16-28(24)22-13-7-6-12-21(22)27)26-20-11-5-4-10-19(20)25-14-17-8-2-1-3-9-17/h1-3,6-9,12-13,15,19-20H,4-5,10-11,14,16H2/t19-,20+,27?,28?/m0/s1. The van der Waals surface area contributed by atoms with Gasteiger partial charge in [-0.25, -0.2) is 4.21 Å². The first kappa shape index (κ1) is 19.6. The Bertz CT molecular complexity index is 894. The molecule has 1 aliphatic heterocycles. The van der Waals surface area contributed by atoms with Gasteiger partial charge in [-0.1, -0.05) is 48.9 Å². The molecule has 28 heavy (non-hydrogen) atoms.